The molecule has 1 nitrogen and oxygen atoms in total. The topological polar surface area (TPSA) is 3.24 Å². The Labute approximate surface area is 94.1 Å². The Morgan fingerprint density at radius 2 is 1.93 bits per heavy atom. The molecule has 1 aromatic rings. The van der Waals surface area contributed by atoms with Gasteiger partial charge in [0.05, 0.1) is 0 Å². The monoisotopic (exact) mass is 205 g/mol. The van der Waals surface area contributed by atoms with E-state index < -0.39 is 0 Å². The van der Waals surface area contributed by atoms with E-state index in [1.165, 1.54) is 24.1 Å². The SMILES string of the molecule is CCN(C)CC(C)Cc1ccccc1C. The van der Waals surface area contributed by atoms with E-state index >= 15 is 0 Å². The number of hydrogen-bond acceptors (Lipinski definition) is 1. The van der Waals surface area contributed by atoms with Crippen LogP contribution in [0, 0.1) is 12.8 Å². The maximum Gasteiger partial charge on any atom is 0.000703 e. The highest BCUT2D eigenvalue weighted by Gasteiger charge is 2.07. The maximum atomic E-state index is 2.38. The van der Waals surface area contributed by atoms with Gasteiger partial charge in [-0.3, -0.25) is 0 Å². The zero-order valence-corrected chi connectivity index (χ0v) is 10.5. The lowest BCUT2D eigenvalue weighted by molar-refractivity contribution is 0.298. The van der Waals surface area contributed by atoms with E-state index in [2.05, 4.69) is 57.0 Å². The van der Waals surface area contributed by atoms with Crippen molar-refractivity contribution in [1.29, 1.82) is 0 Å². The third-order valence-electron chi connectivity index (χ3n) is 2.99. The molecule has 0 N–H and O–H groups in total. The van der Waals surface area contributed by atoms with Gasteiger partial charge >= 0.3 is 0 Å². The van der Waals surface area contributed by atoms with Crippen LogP contribution < -0.4 is 0 Å². The van der Waals surface area contributed by atoms with Crippen LogP contribution in [-0.4, -0.2) is 25.0 Å². The lowest BCUT2D eigenvalue weighted by Crippen LogP contribution is -2.25. The lowest BCUT2D eigenvalue weighted by atomic mass is 9.97. The number of nitrogens with zero attached hydrogens (tertiary/aromatic N) is 1. The maximum absolute atomic E-state index is 2.38. The Kier molecular flexibility index (Phi) is 4.83. The first-order valence-electron chi connectivity index (χ1n) is 5.86. The minimum Gasteiger partial charge on any atom is -0.306 e. The summed E-state index contributed by atoms with van der Waals surface area (Å²) in [6, 6.07) is 8.70. The smallest absolute Gasteiger partial charge is 0.000703 e. The highest BCUT2D eigenvalue weighted by molar-refractivity contribution is 5.25. The molecule has 0 fully saturated rings. The van der Waals surface area contributed by atoms with Gasteiger partial charge in [-0.15, -0.1) is 0 Å². The van der Waals surface area contributed by atoms with Crippen LogP contribution in [0.4, 0.5) is 0 Å². The first-order valence-corrected chi connectivity index (χ1v) is 5.86. The Balaban J connectivity index is 2.51. The average Bonchev–Trinajstić information content (AvgIpc) is 2.21. The summed E-state index contributed by atoms with van der Waals surface area (Å²) in [5, 5.41) is 0. The van der Waals surface area contributed by atoms with Crippen molar-refractivity contribution >= 4 is 0 Å². The van der Waals surface area contributed by atoms with Gasteiger partial charge in [0.1, 0.15) is 0 Å². The van der Waals surface area contributed by atoms with Crippen LogP contribution in [0.3, 0.4) is 0 Å². The molecule has 0 radical (unpaired) electrons. The zero-order chi connectivity index (χ0) is 11.3. The third kappa shape index (κ3) is 4.05. The van der Waals surface area contributed by atoms with E-state index in [1.807, 2.05) is 0 Å². The van der Waals surface area contributed by atoms with Gasteiger partial charge in [0.2, 0.25) is 0 Å². The van der Waals surface area contributed by atoms with Crippen LogP contribution in [-0.2, 0) is 6.42 Å². The van der Waals surface area contributed by atoms with E-state index in [9.17, 15) is 0 Å². The number of benzene rings is 1. The van der Waals surface area contributed by atoms with Gasteiger partial charge in [0.25, 0.3) is 0 Å². The summed E-state index contributed by atoms with van der Waals surface area (Å²) in [7, 11) is 2.19. The summed E-state index contributed by atoms with van der Waals surface area (Å²) in [5.41, 5.74) is 2.91. The third-order valence-corrected chi connectivity index (χ3v) is 2.99. The summed E-state index contributed by atoms with van der Waals surface area (Å²) in [6.07, 6.45) is 1.19. The van der Waals surface area contributed by atoms with Gasteiger partial charge in [-0.1, -0.05) is 38.1 Å². The van der Waals surface area contributed by atoms with Crippen molar-refractivity contribution in [2.75, 3.05) is 20.1 Å². The highest BCUT2D eigenvalue weighted by Crippen LogP contribution is 2.13. The molecule has 0 aliphatic carbocycles. The molecule has 0 aliphatic heterocycles. The second-order valence-electron chi connectivity index (χ2n) is 4.59. The summed E-state index contributed by atoms with van der Waals surface area (Å²) in [5.74, 6) is 0.732. The highest BCUT2D eigenvalue weighted by atomic mass is 15.1. The van der Waals surface area contributed by atoms with Crippen LogP contribution in [0.2, 0.25) is 0 Å². The molecule has 1 atom stereocenters. The predicted molar refractivity (Wildman–Crippen MR) is 67.2 cm³/mol. The van der Waals surface area contributed by atoms with Gasteiger partial charge in [-0.2, -0.15) is 0 Å². The van der Waals surface area contributed by atoms with Crippen molar-refractivity contribution in [3.63, 3.8) is 0 Å². The Morgan fingerprint density at radius 3 is 2.53 bits per heavy atom. The van der Waals surface area contributed by atoms with Gasteiger partial charge in [0, 0.05) is 6.54 Å². The van der Waals surface area contributed by atoms with E-state index in [1.54, 1.807) is 0 Å². The normalized spacial score (nSPS) is 13.1. The van der Waals surface area contributed by atoms with Crippen molar-refractivity contribution in [1.82, 2.24) is 4.90 Å². The molecule has 0 aliphatic rings. The molecule has 0 spiro atoms. The second-order valence-corrected chi connectivity index (χ2v) is 4.59. The van der Waals surface area contributed by atoms with Gasteiger partial charge in [0.15, 0.2) is 0 Å². The fourth-order valence-corrected chi connectivity index (χ4v) is 1.94. The summed E-state index contributed by atoms with van der Waals surface area (Å²) >= 11 is 0. The van der Waals surface area contributed by atoms with Crippen molar-refractivity contribution < 1.29 is 0 Å². The largest absolute Gasteiger partial charge is 0.306 e. The molecule has 1 unspecified atom stereocenters. The van der Waals surface area contributed by atoms with E-state index in [0.717, 1.165) is 12.5 Å². The van der Waals surface area contributed by atoms with Crippen LogP contribution in [0.1, 0.15) is 25.0 Å². The second kappa shape index (κ2) is 5.92. The first-order chi connectivity index (χ1) is 7.13. The molecule has 0 bridgehead atoms. The van der Waals surface area contributed by atoms with E-state index in [0.29, 0.717) is 0 Å². The van der Waals surface area contributed by atoms with Crippen LogP contribution in [0.25, 0.3) is 0 Å². The van der Waals surface area contributed by atoms with Crippen molar-refractivity contribution in [2.24, 2.45) is 5.92 Å². The Morgan fingerprint density at radius 1 is 1.27 bits per heavy atom. The molecule has 0 heterocycles. The van der Waals surface area contributed by atoms with E-state index in [-0.39, 0.29) is 0 Å². The Bertz CT molecular complexity index is 293. The molecule has 15 heavy (non-hydrogen) atoms. The zero-order valence-electron chi connectivity index (χ0n) is 10.5. The molecular formula is C14H23N. The molecule has 0 amide bonds. The van der Waals surface area contributed by atoms with Crippen LogP contribution in [0.15, 0.2) is 24.3 Å². The van der Waals surface area contributed by atoms with Gasteiger partial charge in [-0.05, 0) is 44.0 Å². The van der Waals surface area contributed by atoms with Crippen molar-refractivity contribution in [3.8, 4) is 0 Å². The molecule has 0 saturated heterocycles. The first kappa shape index (κ1) is 12.3. The minimum atomic E-state index is 0.732. The average molecular weight is 205 g/mol. The van der Waals surface area contributed by atoms with Crippen LogP contribution >= 0.6 is 0 Å². The van der Waals surface area contributed by atoms with E-state index in [4.69, 9.17) is 0 Å². The fourth-order valence-electron chi connectivity index (χ4n) is 1.94. The van der Waals surface area contributed by atoms with Gasteiger partial charge in [-0.25, -0.2) is 0 Å². The van der Waals surface area contributed by atoms with Crippen molar-refractivity contribution in [2.45, 2.75) is 27.2 Å². The molecule has 0 aromatic heterocycles. The fraction of sp³-hybridized carbons (Fsp3) is 0.571. The molecule has 1 heteroatoms. The standard InChI is InChI=1S/C14H23N/c1-5-15(4)11-12(2)10-14-9-7-6-8-13(14)3/h6-9,12H,5,10-11H2,1-4H3. The molecule has 1 aromatic carbocycles. The quantitative estimate of drug-likeness (QED) is 0.714. The number of aryl methyl sites for hydroxylation is 1. The number of rotatable bonds is 5. The lowest BCUT2D eigenvalue weighted by Gasteiger charge is -2.20. The minimum absolute atomic E-state index is 0.732. The molecule has 0 saturated carbocycles. The summed E-state index contributed by atoms with van der Waals surface area (Å²) in [4.78, 5) is 2.38. The summed E-state index contributed by atoms with van der Waals surface area (Å²) < 4.78 is 0. The predicted octanol–water partition coefficient (Wildman–Crippen LogP) is 3.13. The van der Waals surface area contributed by atoms with Crippen LogP contribution in [0.5, 0.6) is 0 Å². The summed E-state index contributed by atoms with van der Waals surface area (Å²) in [6.45, 7) is 9.06. The Hall–Kier alpha value is -0.820. The molecular weight excluding hydrogens is 182 g/mol. The van der Waals surface area contributed by atoms with Crippen molar-refractivity contribution in [3.05, 3.63) is 35.4 Å². The molecule has 84 valence electrons. The number of hydrogen-bond donors (Lipinski definition) is 0. The van der Waals surface area contributed by atoms with Gasteiger partial charge < -0.3 is 4.90 Å². The molecule has 1 rings (SSSR count).